The van der Waals surface area contributed by atoms with Gasteiger partial charge in [-0.25, -0.2) is 4.98 Å². The number of rotatable bonds is 4. The topological polar surface area (TPSA) is 39.6 Å². The third kappa shape index (κ3) is 3.36. The van der Waals surface area contributed by atoms with Crippen LogP contribution in [0.2, 0.25) is 0 Å². The summed E-state index contributed by atoms with van der Waals surface area (Å²) in [6.45, 7) is 5.05. The second-order valence-electron chi connectivity index (χ2n) is 6.56. The molecule has 0 amide bonds. The van der Waals surface area contributed by atoms with Gasteiger partial charge in [-0.3, -0.25) is 4.90 Å². The van der Waals surface area contributed by atoms with Crippen molar-refractivity contribution in [3.63, 3.8) is 0 Å². The van der Waals surface area contributed by atoms with Crippen LogP contribution in [0.5, 0.6) is 0 Å². The zero-order valence-electron chi connectivity index (χ0n) is 14.3. The summed E-state index contributed by atoms with van der Waals surface area (Å²) in [6, 6.07) is 18.9. The molecule has 128 valence electrons. The first-order valence-electron chi connectivity index (χ1n) is 8.84. The first-order valence-corrected chi connectivity index (χ1v) is 8.84. The largest absolute Gasteiger partial charge is 0.392 e. The van der Waals surface area contributed by atoms with E-state index in [4.69, 9.17) is 0 Å². The Morgan fingerprint density at radius 2 is 1.52 bits per heavy atom. The molecular formula is C21H23N3O. The van der Waals surface area contributed by atoms with E-state index in [9.17, 15) is 5.11 Å². The van der Waals surface area contributed by atoms with Crippen LogP contribution in [0.4, 0.5) is 5.82 Å². The van der Waals surface area contributed by atoms with Crippen LogP contribution in [0.15, 0.2) is 60.8 Å². The monoisotopic (exact) mass is 333 g/mol. The van der Waals surface area contributed by atoms with Crippen LogP contribution in [-0.4, -0.2) is 41.2 Å². The van der Waals surface area contributed by atoms with Gasteiger partial charge in [0.05, 0.1) is 6.61 Å². The standard InChI is InChI=1S/C21H23N3O/c25-16-18-14-22-21(20-9-5-4-8-19(18)20)24-12-10-23(11-13-24)15-17-6-2-1-3-7-17/h1-9,14,25H,10-13,15-16H2. The van der Waals surface area contributed by atoms with Gasteiger partial charge in [-0.05, 0) is 10.9 Å². The zero-order chi connectivity index (χ0) is 17.1. The van der Waals surface area contributed by atoms with E-state index in [2.05, 4.69) is 57.2 Å². The fourth-order valence-electron chi connectivity index (χ4n) is 3.57. The number of pyridine rings is 1. The van der Waals surface area contributed by atoms with Crippen molar-refractivity contribution in [3.8, 4) is 0 Å². The van der Waals surface area contributed by atoms with E-state index in [1.165, 1.54) is 5.56 Å². The van der Waals surface area contributed by atoms with Crippen LogP contribution in [0.1, 0.15) is 11.1 Å². The van der Waals surface area contributed by atoms with Crippen molar-refractivity contribution in [1.29, 1.82) is 0 Å². The van der Waals surface area contributed by atoms with E-state index in [-0.39, 0.29) is 6.61 Å². The van der Waals surface area contributed by atoms with Crippen molar-refractivity contribution in [2.75, 3.05) is 31.1 Å². The molecule has 0 aliphatic carbocycles. The van der Waals surface area contributed by atoms with E-state index >= 15 is 0 Å². The van der Waals surface area contributed by atoms with Gasteiger partial charge in [0.25, 0.3) is 0 Å². The van der Waals surface area contributed by atoms with E-state index in [0.717, 1.165) is 54.9 Å². The number of nitrogens with zero attached hydrogens (tertiary/aromatic N) is 3. The van der Waals surface area contributed by atoms with E-state index in [1.54, 1.807) is 0 Å². The lowest BCUT2D eigenvalue weighted by atomic mass is 10.1. The molecule has 1 aliphatic rings. The summed E-state index contributed by atoms with van der Waals surface area (Å²) >= 11 is 0. The Labute approximate surface area is 148 Å². The van der Waals surface area contributed by atoms with Crippen LogP contribution in [0, 0.1) is 0 Å². The molecule has 1 saturated heterocycles. The number of piperazine rings is 1. The number of fused-ring (bicyclic) bond motifs is 1. The smallest absolute Gasteiger partial charge is 0.136 e. The number of hydrogen-bond donors (Lipinski definition) is 1. The quantitative estimate of drug-likeness (QED) is 0.797. The molecule has 0 saturated carbocycles. The van der Waals surface area contributed by atoms with Gasteiger partial charge in [-0.2, -0.15) is 0 Å². The van der Waals surface area contributed by atoms with Crippen molar-refractivity contribution in [2.24, 2.45) is 0 Å². The summed E-state index contributed by atoms with van der Waals surface area (Å²) in [6.07, 6.45) is 1.81. The van der Waals surface area contributed by atoms with Crippen LogP contribution in [0.25, 0.3) is 10.8 Å². The van der Waals surface area contributed by atoms with Gasteiger partial charge < -0.3 is 10.0 Å². The van der Waals surface area contributed by atoms with Crippen LogP contribution in [0.3, 0.4) is 0 Å². The average molecular weight is 333 g/mol. The maximum atomic E-state index is 9.55. The molecule has 2 heterocycles. The highest BCUT2D eigenvalue weighted by Gasteiger charge is 2.20. The van der Waals surface area contributed by atoms with Gasteiger partial charge in [0.15, 0.2) is 0 Å². The third-order valence-electron chi connectivity index (χ3n) is 4.95. The second kappa shape index (κ2) is 7.21. The number of aliphatic hydroxyl groups is 1. The molecule has 1 fully saturated rings. The predicted octanol–water partition coefficient (Wildman–Crippen LogP) is 3.05. The first-order chi connectivity index (χ1) is 12.3. The molecule has 3 aromatic rings. The Bertz CT molecular complexity index is 842. The maximum absolute atomic E-state index is 9.55. The lowest BCUT2D eigenvalue weighted by Gasteiger charge is -2.36. The Morgan fingerprint density at radius 3 is 2.24 bits per heavy atom. The molecule has 25 heavy (non-hydrogen) atoms. The molecule has 0 spiro atoms. The summed E-state index contributed by atoms with van der Waals surface area (Å²) in [5.74, 6) is 1.03. The molecule has 4 heteroatoms. The van der Waals surface area contributed by atoms with Gasteiger partial charge >= 0.3 is 0 Å². The Morgan fingerprint density at radius 1 is 0.840 bits per heavy atom. The van der Waals surface area contributed by atoms with Crippen molar-refractivity contribution in [1.82, 2.24) is 9.88 Å². The zero-order valence-corrected chi connectivity index (χ0v) is 14.3. The van der Waals surface area contributed by atoms with Gasteiger partial charge in [0, 0.05) is 49.9 Å². The molecule has 1 N–H and O–H groups in total. The van der Waals surface area contributed by atoms with Crippen molar-refractivity contribution in [2.45, 2.75) is 13.2 Å². The minimum absolute atomic E-state index is 0.0264. The molecule has 1 aliphatic heterocycles. The van der Waals surface area contributed by atoms with Gasteiger partial charge in [0.1, 0.15) is 5.82 Å². The second-order valence-corrected chi connectivity index (χ2v) is 6.56. The molecule has 4 nitrogen and oxygen atoms in total. The summed E-state index contributed by atoms with van der Waals surface area (Å²) in [5.41, 5.74) is 2.26. The summed E-state index contributed by atoms with van der Waals surface area (Å²) in [5, 5.41) is 11.8. The van der Waals surface area contributed by atoms with Crippen LogP contribution >= 0.6 is 0 Å². The van der Waals surface area contributed by atoms with E-state index < -0.39 is 0 Å². The highest BCUT2D eigenvalue weighted by molar-refractivity contribution is 5.94. The molecule has 0 bridgehead atoms. The summed E-state index contributed by atoms with van der Waals surface area (Å²) < 4.78 is 0. The lowest BCUT2D eigenvalue weighted by molar-refractivity contribution is 0.249. The molecule has 1 aromatic heterocycles. The highest BCUT2D eigenvalue weighted by Crippen LogP contribution is 2.28. The third-order valence-corrected chi connectivity index (χ3v) is 4.95. The Hall–Kier alpha value is -2.43. The summed E-state index contributed by atoms with van der Waals surface area (Å²) in [7, 11) is 0. The van der Waals surface area contributed by atoms with E-state index in [1.807, 2.05) is 18.3 Å². The van der Waals surface area contributed by atoms with Crippen molar-refractivity contribution < 1.29 is 5.11 Å². The Kier molecular flexibility index (Phi) is 4.63. The number of anilines is 1. The molecule has 0 unspecified atom stereocenters. The van der Waals surface area contributed by atoms with Crippen LogP contribution in [-0.2, 0) is 13.2 Å². The van der Waals surface area contributed by atoms with Crippen molar-refractivity contribution >= 4 is 16.6 Å². The first kappa shape index (κ1) is 16.1. The average Bonchev–Trinajstić information content (AvgIpc) is 2.69. The molecule has 0 radical (unpaired) electrons. The molecule has 4 rings (SSSR count). The van der Waals surface area contributed by atoms with Gasteiger partial charge in [0.2, 0.25) is 0 Å². The van der Waals surface area contributed by atoms with Gasteiger partial charge in [-0.1, -0.05) is 54.6 Å². The molecule has 0 atom stereocenters. The molecule has 2 aromatic carbocycles. The number of benzene rings is 2. The lowest BCUT2D eigenvalue weighted by Crippen LogP contribution is -2.46. The predicted molar refractivity (Wildman–Crippen MR) is 102 cm³/mol. The number of aliphatic hydroxyl groups excluding tert-OH is 1. The fraction of sp³-hybridized carbons (Fsp3) is 0.286. The number of hydrogen-bond acceptors (Lipinski definition) is 4. The summed E-state index contributed by atoms with van der Waals surface area (Å²) in [4.78, 5) is 9.52. The SMILES string of the molecule is OCc1cnc(N2CCN(Cc3ccccc3)CC2)c2ccccc12. The van der Waals surface area contributed by atoms with Gasteiger partial charge in [-0.15, -0.1) is 0 Å². The molecular weight excluding hydrogens is 310 g/mol. The van der Waals surface area contributed by atoms with E-state index in [0.29, 0.717) is 0 Å². The maximum Gasteiger partial charge on any atom is 0.136 e. The van der Waals surface area contributed by atoms with Crippen molar-refractivity contribution in [3.05, 3.63) is 71.9 Å². The van der Waals surface area contributed by atoms with Crippen LogP contribution < -0.4 is 4.90 Å². The minimum Gasteiger partial charge on any atom is -0.392 e. The minimum atomic E-state index is 0.0264. The fourth-order valence-corrected chi connectivity index (χ4v) is 3.57. The normalized spacial score (nSPS) is 15.6. The number of aromatic nitrogens is 1. The highest BCUT2D eigenvalue weighted by atomic mass is 16.3. The Balaban J connectivity index is 1.50.